The molecule has 0 spiro atoms. The first-order valence-electron chi connectivity index (χ1n) is 7.38. The summed E-state index contributed by atoms with van der Waals surface area (Å²) in [4.78, 5) is 35.0. The summed E-state index contributed by atoms with van der Waals surface area (Å²) in [5.74, 6) is 1.27. The van der Waals surface area contributed by atoms with E-state index in [1.54, 1.807) is 19.3 Å². The highest BCUT2D eigenvalue weighted by molar-refractivity contribution is 5.77. The van der Waals surface area contributed by atoms with Gasteiger partial charge in [-0.25, -0.2) is 9.97 Å². The largest absolute Gasteiger partial charge is 0.483 e. The molecule has 0 bridgehead atoms. The van der Waals surface area contributed by atoms with Crippen LogP contribution in [0.4, 0.5) is 5.95 Å². The van der Waals surface area contributed by atoms with E-state index in [1.807, 2.05) is 0 Å². The van der Waals surface area contributed by atoms with E-state index in [2.05, 4.69) is 26.7 Å². The van der Waals surface area contributed by atoms with Gasteiger partial charge in [-0.15, -0.1) is 0 Å². The van der Waals surface area contributed by atoms with Crippen molar-refractivity contribution in [2.24, 2.45) is 0 Å². The van der Waals surface area contributed by atoms with E-state index in [1.165, 1.54) is 6.92 Å². The van der Waals surface area contributed by atoms with E-state index in [9.17, 15) is 9.59 Å². The summed E-state index contributed by atoms with van der Waals surface area (Å²) in [6.45, 7) is 8.08. The van der Waals surface area contributed by atoms with E-state index >= 15 is 0 Å². The number of ketones is 2. The molecule has 1 aromatic heterocycles. The summed E-state index contributed by atoms with van der Waals surface area (Å²) < 4.78 is 5.25. The first-order valence-corrected chi connectivity index (χ1v) is 7.38. The summed E-state index contributed by atoms with van der Waals surface area (Å²) in [6, 6.07) is 0.273. The molecule has 1 unspecified atom stereocenters. The second-order valence-electron chi connectivity index (χ2n) is 5.68. The van der Waals surface area contributed by atoms with Gasteiger partial charge in [0.05, 0.1) is 18.9 Å². The Bertz CT molecular complexity index is 532. The Kier molecular flexibility index (Phi) is 5.43. The molecule has 0 amide bonds. The third kappa shape index (κ3) is 4.49. The molecule has 1 atom stereocenters. The van der Waals surface area contributed by atoms with Crippen LogP contribution in [0.5, 0.6) is 5.75 Å². The number of nitrogens with zero attached hydrogens (tertiary/aromatic N) is 4. The Hall–Kier alpha value is -2.02. The molecule has 120 valence electrons. The summed E-state index contributed by atoms with van der Waals surface area (Å²) in [6.07, 6.45) is 3.16. The molecule has 1 saturated heterocycles. The predicted octanol–water partition coefficient (Wildman–Crippen LogP) is 0.544. The average molecular weight is 306 g/mol. The number of carbonyl (C=O) groups excluding carboxylic acids is 2. The van der Waals surface area contributed by atoms with Crippen LogP contribution in [0.2, 0.25) is 0 Å². The summed E-state index contributed by atoms with van der Waals surface area (Å²) >= 11 is 0. The molecule has 0 radical (unpaired) electrons. The second-order valence-corrected chi connectivity index (χ2v) is 5.68. The number of hydrogen-bond donors (Lipinski definition) is 0. The average Bonchev–Trinajstić information content (AvgIpc) is 2.47. The van der Waals surface area contributed by atoms with Crippen molar-refractivity contribution in [2.75, 3.05) is 37.7 Å². The van der Waals surface area contributed by atoms with Gasteiger partial charge < -0.3 is 9.64 Å². The van der Waals surface area contributed by atoms with Gasteiger partial charge in [-0.2, -0.15) is 0 Å². The third-order valence-corrected chi connectivity index (χ3v) is 3.53. The summed E-state index contributed by atoms with van der Waals surface area (Å²) in [5.41, 5.74) is 0. The van der Waals surface area contributed by atoms with Crippen LogP contribution in [0.3, 0.4) is 0 Å². The van der Waals surface area contributed by atoms with Crippen LogP contribution in [-0.2, 0) is 9.59 Å². The number of Topliss-reactive ketones (excluding diaryl/α,β-unsaturated/α-hetero) is 2. The lowest BCUT2D eigenvalue weighted by molar-refractivity contribution is -0.119. The lowest BCUT2D eigenvalue weighted by Gasteiger charge is -2.39. The molecule has 1 aromatic rings. The summed E-state index contributed by atoms with van der Waals surface area (Å²) in [5, 5.41) is 0. The SMILES string of the molecule is CC(=O)COc1cnc(N2CCN(CC(C)=O)C(C)C2)nc1. The fraction of sp³-hybridized carbons (Fsp3) is 0.600. The molecule has 7 nitrogen and oxygen atoms in total. The Labute approximate surface area is 130 Å². The van der Waals surface area contributed by atoms with Crippen molar-refractivity contribution in [3.05, 3.63) is 12.4 Å². The van der Waals surface area contributed by atoms with Crippen LogP contribution < -0.4 is 9.64 Å². The van der Waals surface area contributed by atoms with E-state index in [-0.39, 0.29) is 24.2 Å². The highest BCUT2D eigenvalue weighted by Crippen LogP contribution is 2.16. The maximum atomic E-state index is 11.2. The van der Waals surface area contributed by atoms with Gasteiger partial charge in [0, 0.05) is 25.7 Å². The van der Waals surface area contributed by atoms with Gasteiger partial charge in [0.25, 0.3) is 0 Å². The molecule has 0 saturated carbocycles. The van der Waals surface area contributed by atoms with Gasteiger partial charge in [0.15, 0.2) is 11.5 Å². The molecule has 1 fully saturated rings. The Morgan fingerprint density at radius 3 is 2.45 bits per heavy atom. The van der Waals surface area contributed by atoms with Crippen molar-refractivity contribution in [3.8, 4) is 5.75 Å². The van der Waals surface area contributed by atoms with E-state index < -0.39 is 0 Å². The van der Waals surface area contributed by atoms with Crippen LogP contribution in [0.15, 0.2) is 12.4 Å². The standard InChI is InChI=1S/C15H22N4O3/c1-11-8-19(5-4-18(11)9-12(2)20)15-16-6-14(7-17-15)22-10-13(3)21/h6-7,11H,4-5,8-10H2,1-3H3. The van der Waals surface area contributed by atoms with E-state index in [4.69, 9.17) is 4.74 Å². The topological polar surface area (TPSA) is 75.6 Å². The van der Waals surface area contributed by atoms with Gasteiger partial charge in [0.2, 0.25) is 5.95 Å². The fourth-order valence-corrected chi connectivity index (χ4v) is 2.43. The zero-order valence-corrected chi connectivity index (χ0v) is 13.3. The molecule has 22 heavy (non-hydrogen) atoms. The Morgan fingerprint density at radius 2 is 1.91 bits per heavy atom. The molecule has 0 N–H and O–H groups in total. The molecule has 0 aliphatic carbocycles. The highest BCUT2D eigenvalue weighted by Gasteiger charge is 2.25. The van der Waals surface area contributed by atoms with Crippen LogP contribution in [-0.4, -0.2) is 65.3 Å². The minimum absolute atomic E-state index is 0.0312. The first-order chi connectivity index (χ1) is 10.5. The molecule has 0 aromatic carbocycles. The Balaban J connectivity index is 1.93. The highest BCUT2D eigenvalue weighted by atomic mass is 16.5. The van der Waals surface area contributed by atoms with Crippen LogP contribution >= 0.6 is 0 Å². The van der Waals surface area contributed by atoms with Gasteiger partial charge >= 0.3 is 0 Å². The molecule has 2 heterocycles. The number of carbonyl (C=O) groups is 2. The molecule has 1 aliphatic heterocycles. The molecule has 2 rings (SSSR count). The maximum absolute atomic E-state index is 11.2. The summed E-state index contributed by atoms with van der Waals surface area (Å²) in [7, 11) is 0. The first kappa shape index (κ1) is 16.4. The second kappa shape index (κ2) is 7.31. The minimum Gasteiger partial charge on any atom is -0.483 e. The van der Waals surface area contributed by atoms with Crippen molar-refractivity contribution in [1.29, 1.82) is 0 Å². The van der Waals surface area contributed by atoms with E-state index in [0.717, 1.165) is 19.6 Å². The molecule has 7 heteroatoms. The Morgan fingerprint density at radius 1 is 1.23 bits per heavy atom. The van der Waals surface area contributed by atoms with Crippen LogP contribution in [0.1, 0.15) is 20.8 Å². The van der Waals surface area contributed by atoms with Gasteiger partial charge in [-0.1, -0.05) is 0 Å². The van der Waals surface area contributed by atoms with Gasteiger partial charge in [0.1, 0.15) is 12.4 Å². The number of rotatable bonds is 6. The monoisotopic (exact) mass is 306 g/mol. The molecular formula is C15H22N4O3. The quantitative estimate of drug-likeness (QED) is 0.759. The zero-order valence-electron chi connectivity index (χ0n) is 13.3. The van der Waals surface area contributed by atoms with Crippen molar-refractivity contribution < 1.29 is 14.3 Å². The number of ether oxygens (including phenoxy) is 1. The van der Waals surface area contributed by atoms with Gasteiger partial charge in [-0.05, 0) is 20.8 Å². The number of anilines is 1. The zero-order chi connectivity index (χ0) is 16.1. The maximum Gasteiger partial charge on any atom is 0.225 e. The normalized spacial score (nSPS) is 19.0. The predicted molar refractivity (Wildman–Crippen MR) is 82.1 cm³/mol. The smallest absolute Gasteiger partial charge is 0.225 e. The van der Waals surface area contributed by atoms with Gasteiger partial charge in [-0.3, -0.25) is 14.5 Å². The van der Waals surface area contributed by atoms with Crippen molar-refractivity contribution in [1.82, 2.24) is 14.9 Å². The lowest BCUT2D eigenvalue weighted by Crippen LogP contribution is -2.53. The number of hydrogen-bond acceptors (Lipinski definition) is 7. The fourth-order valence-electron chi connectivity index (χ4n) is 2.43. The molecular weight excluding hydrogens is 284 g/mol. The van der Waals surface area contributed by atoms with Crippen molar-refractivity contribution >= 4 is 17.5 Å². The van der Waals surface area contributed by atoms with Crippen molar-refractivity contribution in [3.63, 3.8) is 0 Å². The van der Waals surface area contributed by atoms with Crippen LogP contribution in [0, 0.1) is 0 Å². The van der Waals surface area contributed by atoms with Crippen molar-refractivity contribution in [2.45, 2.75) is 26.8 Å². The lowest BCUT2D eigenvalue weighted by atomic mass is 10.2. The van der Waals surface area contributed by atoms with Crippen LogP contribution in [0.25, 0.3) is 0 Å². The van der Waals surface area contributed by atoms with E-state index in [0.29, 0.717) is 18.2 Å². The molecule has 1 aliphatic rings. The number of piperazine rings is 1. The minimum atomic E-state index is -0.0421. The number of aromatic nitrogens is 2. The third-order valence-electron chi connectivity index (χ3n) is 3.53.